The third-order valence-corrected chi connectivity index (χ3v) is 2.64. The highest BCUT2D eigenvalue weighted by Crippen LogP contribution is 2.28. The molecular weight excluding hydrogens is 178 g/mol. The summed E-state index contributed by atoms with van der Waals surface area (Å²) in [4.78, 5) is 16.3. The molecule has 1 aliphatic carbocycles. The molecule has 1 aliphatic rings. The molecule has 0 heterocycles. The number of hydrogen-bond donors (Lipinski definition) is 1. The highest BCUT2D eigenvalue weighted by atomic mass is 16.6. The standard InChI is InChI=1S/C11H17NO2/c1-3-7-14-12-11(13)10-6-4-5-9(2)8-10/h1,9-10H,4-8H2,2H3,(H,12,13). The van der Waals surface area contributed by atoms with Gasteiger partial charge in [0.1, 0.15) is 6.61 Å². The Labute approximate surface area is 85.2 Å². The SMILES string of the molecule is C#CCONC(=O)C1CCCC(C)C1. The molecule has 0 spiro atoms. The van der Waals surface area contributed by atoms with Crippen molar-refractivity contribution in [2.75, 3.05) is 6.61 Å². The van der Waals surface area contributed by atoms with Crippen LogP contribution in [0.1, 0.15) is 32.6 Å². The molecular formula is C11H17NO2. The van der Waals surface area contributed by atoms with Crippen LogP contribution in [0.2, 0.25) is 0 Å². The third-order valence-electron chi connectivity index (χ3n) is 2.64. The summed E-state index contributed by atoms with van der Waals surface area (Å²) in [5.41, 5.74) is 2.39. The summed E-state index contributed by atoms with van der Waals surface area (Å²) in [7, 11) is 0. The van der Waals surface area contributed by atoms with E-state index in [9.17, 15) is 4.79 Å². The van der Waals surface area contributed by atoms with Gasteiger partial charge < -0.3 is 0 Å². The highest BCUT2D eigenvalue weighted by molar-refractivity contribution is 5.77. The van der Waals surface area contributed by atoms with Crippen molar-refractivity contribution in [2.24, 2.45) is 11.8 Å². The smallest absolute Gasteiger partial charge is 0.246 e. The van der Waals surface area contributed by atoms with Crippen LogP contribution >= 0.6 is 0 Å². The number of hydroxylamine groups is 1. The Kier molecular flexibility index (Phi) is 4.48. The molecule has 78 valence electrons. The fourth-order valence-electron chi connectivity index (χ4n) is 1.90. The van der Waals surface area contributed by atoms with Crippen LogP contribution in [-0.4, -0.2) is 12.5 Å². The second kappa shape index (κ2) is 5.66. The molecule has 0 aromatic heterocycles. The zero-order chi connectivity index (χ0) is 10.4. The Hall–Kier alpha value is -1.01. The lowest BCUT2D eigenvalue weighted by atomic mass is 9.82. The first kappa shape index (κ1) is 11.1. The van der Waals surface area contributed by atoms with Crippen molar-refractivity contribution < 1.29 is 9.63 Å². The Morgan fingerprint density at radius 1 is 1.64 bits per heavy atom. The first-order chi connectivity index (χ1) is 6.74. The lowest BCUT2D eigenvalue weighted by molar-refractivity contribution is -0.138. The number of rotatable bonds is 3. The molecule has 0 radical (unpaired) electrons. The van der Waals surface area contributed by atoms with E-state index in [1.165, 1.54) is 6.42 Å². The van der Waals surface area contributed by atoms with Crippen LogP contribution in [0.4, 0.5) is 0 Å². The number of carbonyl (C=O) groups excluding carboxylic acids is 1. The minimum Gasteiger partial charge on any atom is -0.272 e. The molecule has 0 aromatic rings. The predicted molar refractivity (Wildman–Crippen MR) is 54.0 cm³/mol. The molecule has 0 bridgehead atoms. The molecule has 0 aliphatic heterocycles. The first-order valence-electron chi connectivity index (χ1n) is 5.09. The summed E-state index contributed by atoms with van der Waals surface area (Å²) in [5.74, 6) is 3.03. The van der Waals surface area contributed by atoms with Gasteiger partial charge in [0.25, 0.3) is 0 Å². The summed E-state index contributed by atoms with van der Waals surface area (Å²) >= 11 is 0. The average molecular weight is 195 g/mol. The van der Waals surface area contributed by atoms with Crippen molar-refractivity contribution in [3.05, 3.63) is 0 Å². The topological polar surface area (TPSA) is 38.3 Å². The lowest BCUT2D eigenvalue weighted by Gasteiger charge is -2.25. The van der Waals surface area contributed by atoms with Crippen LogP contribution < -0.4 is 5.48 Å². The van der Waals surface area contributed by atoms with E-state index in [1.807, 2.05) is 0 Å². The van der Waals surface area contributed by atoms with E-state index in [4.69, 9.17) is 11.3 Å². The summed E-state index contributed by atoms with van der Waals surface area (Å²) in [6.07, 6.45) is 9.28. The molecule has 2 unspecified atom stereocenters. The first-order valence-corrected chi connectivity index (χ1v) is 5.09. The molecule has 1 saturated carbocycles. The van der Waals surface area contributed by atoms with E-state index in [2.05, 4.69) is 18.3 Å². The van der Waals surface area contributed by atoms with Gasteiger partial charge in [0.2, 0.25) is 5.91 Å². The number of nitrogens with one attached hydrogen (secondary N) is 1. The van der Waals surface area contributed by atoms with Gasteiger partial charge in [-0.3, -0.25) is 9.63 Å². The number of terminal acetylenes is 1. The number of amides is 1. The molecule has 14 heavy (non-hydrogen) atoms. The van der Waals surface area contributed by atoms with Crippen LogP contribution in [0, 0.1) is 24.2 Å². The van der Waals surface area contributed by atoms with Gasteiger partial charge in [-0.05, 0) is 18.8 Å². The predicted octanol–water partition coefficient (Wildman–Crippen LogP) is 1.49. The van der Waals surface area contributed by atoms with E-state index in [-0.39, 0.29) is 18.4 Å². The largest absolute Gasteiger partial charge is 0.272 e. The molecule has 1 N–H and O–H groups in total. The van der Waals surface area contributed by atoms with Gasteiger partial charge in [0.15, 0.2) is 0 Å². The van der Waals surface area contributed by atoms with E-state index >= 15 is 0 Å². The maximum absolute atomic E-state index is 11.5. The molecule has 3 heteroatoms. The Morgan fingerprint density at radius 2 is 2.43 bits per heavy atom. The Balaban J connectivity index is 2.26. The fourth-order valence-corrected chi connectivity index (χ4v) is 1.90. The van der Waals surface area contributed by atoms with Gasteiger partial charge in [-0.15, -0.1) is 6.42 Å². The number of hydrogen-bond acceptors (Lipinski definition) is 2. The Morgan fingerprint density at radius 3 is 3.07 bits per heavy atom. The normalized spacial score (nSPS) is 26.6. The van der Waals surface area contributed by atoms with Crippen LogP contribution in [0.25, 0.3) is 0 Å². The average Bonchev–Trinajstić information content (AvgIpc) is 2.18. The van der Waals surface area contributed by atoms with Crippen molar-refractivity contribution in [3.8, 4) is 12.3 Å². The zero-order valence-corrected chi connectivity index (χ0v) is 8.58. The Bertz CT molecular complexity index is 232. The minimum absolute atomic E-state index is 0.0215. The summed E-state index contributed by atoms with van der Waals surface area (Å²) < 4.78 is 0. The highest BCUT2D eigenvalue weighted by Gasteiger charge is 2.24. The maximum atomic E-state index is 11.5. The number of carbonyl (C=O) groups is 1. The second-order valence-electron chi connectivity index (χ2n) is 3.93. The molecule has 1 rings (SSSR count). The van der Waals surface area contributed by atoms with Crippen molar-refractivity contribution in [1.29, 1.82) is 0 Å². The second-order valence-corrected chi connectivity index (χ2v) is 3.93. The van der Waals surface area contributed by atoms with Gasteiger partial charge in [0, 0.05) is 5.92 Å². The van der Waals surface area contributed by atoms with Crippen molar-refractivity contribution in [1.82, 2.24) is 5.48 Å². The van der Waals surface area contributed by atoms with E-state index in [1.54, 1.807) is 0 Å². The summed E-state index contributed by atoms with van der Waals surface area (Å²) in [6, 6.07) is 0. The van der Waals surface area contributed by atoms with Crippen molar-refractivity contribution in [3.63, 3.8) is 0 Å². The van der Waals surface area contributed by atoms with Crippen LogP contribution in [0.15, 0.2) is 0 Å². The van der Waals surface area contributed by atoms with Gasteiger partial charge in [-0.2, -0.15) is 0 Å². The minimum atomic E-state index is -0.0215. The maximum Gasteiger partial charge on any atom is 0.246 e. The van der Waals surface area contributed by atoms with Crippen LogP contribution in [0.3, 0.4) is 0 Å². The van der Waals surface area contributed by atoms with Crippen molar-refractivity contribution >= 4 is 5.91 Å². The third kappa shape index (κ3) is 3.39. The van der Waals surface area contributed by atoms with Gasteiger partial charge in [-0.25, -0.2) is 5.48 Å². The quantitative estimate of drug-likeness (QED) is 0.421. The van der Waals surface area contributed by atoms with Gasteiger partial charge in [-0.1, -0.05) is 25.7 Å². The van der Waals surface area contributed by atoms with Crippen molar-refractivity contribution in [2.45, 2.75) is 32.6 Å². The lowest BCUT2D eigenvalue weighted by Crippen LogP contribution is -2.33. The van der Waals surface area contributed by atoms with E-state index in [0.29, 0.717) is 5.92 Å². The van der Waals surface area contributed by atoms with Crippen LogP contribution in [0.5, 0.6) is 0 Å². The van der Waals surface area contributed by atoms with Crippen LogP contribution in [-0.2, 0) is 9.63 Å². The zero-order valence-electron chi connectivity index (χ0n) is 8.58. The van der Waals surface area contributed by atoms with E-state index < -0.39 is 0 Å². The fraction of sp³-hybridized carbons (Fsp3) is 0.727. The summed E-state index contributed by atoms with van der Waals surface area (Å²) in [5, 5.41) is 0. The van der Waals surface area contributed by atoms with E-state index in [0.717, 1.165) is 19.3 Å². The molecule has 1 fully saturated rings. The molecule has 3 nitrogen and oxygen atoms in total. The summed E-state index contributed by atoms with van der Waals surface area (Å²) in [6.45, 7) is 2.32. The monoisotopic (exact) mass is 195 g/mol. The molecule has 0 aromatic carbocycles. The van der Waals surface area contributed by atoms with Gasteiger partial charge >= 0.3 is 0 Å². The van der Waals surface area contributed by atoms with Gasteiger partial charge in [0.05, 0.1) is 0 Å². The molecule has 2 atom stereocenters. The molecule has 1 amide bonds. The molecule has 0 saturated heterocycles.